The molecular formula is C17H12Cl2F3N3S. The highest BCUT2D eigenvalue weighted by Gasteiger charge is 2.32. The molecule has 1 aromatic heterocycles. The van der Waals surface area contributed by atoms with Crippen molar-refractivity contribution in [3.8, 4) is 11.1 Å². The molecule has 0 bridgehead atoms. The highest BCUT2D eigenvalue weighted by atomic mass is 35.5. The van der Waals surface area contributed by atoms with Gasteiger partial charge in [0.1, 0.15) is 10.8 Å². The first-order valence-corrected chi connectivity index (χ1v) is 9.30. The van der Waals surface area contributed by atoms with Gasteiger partial charge in [0.2, 0.25) is 0 Å². The number of halogens is 5. The molecule has 0 aliphatic rings. The van der Waals surface area contributed by atoms with Gasteiger partial charge in [-0.2, -0.15) is 18.3 Å². The van der Waals surface area contributed by atoms with Crippen molar-refractivity contribution < 1.29 is 13.2 Å². The number of nitrogens with one attached hydrogen (secondary N) is 2. The average molecular weight is 418 g/mol. The summed E-state index contributed by atoms with van der Waals surface area (Å²) < 4.78 is 38.7. The predicted molar refractivity (Wildman–Crippen MR) is 101 cm³/mol. The van der Waals surface area contributed by atoms with Crippen LogP contribution in [0.5, 0.6) is 0 Å². The van der Waals surface area contributed by atoms with E-state index in [4.69, 9.17) is 23.2 Å². The Kier molecular flexibility index (Phi) is 5.41. The number of H-pyrrole nitrogens is 1. The number of anilines is 2. The molecule has 0 unspecified atom stereocenters. The first-order valence-electron chi connectivity index (χ1n) is 7.32. The number of alkyl halides is 3. The van der Waals surface area contributed by atoms with E-state index in [1.54, 1.807) is 0 Å². The molecule has 9 heteroatoms. The van der Waals surface area contributed by atoms with Crippen molar-refractivity contribution in [1.29, 1.82) is 0 Å². The molecule has 2 N–H and O–H groups in total. The lowest BCUT2D eigenvalue weighted by molar-refractivity contribution is -0.137. The number of nitrogens with zero attached hydrogens (tertiary/aromatic N) is 1. The molecule has 2 aromatic carbocycles. The maximum atomic E-state index is 12.9. The molecule has 0 aliphatic carbocycles. The Labute approximate surface area is 161 Å². The van der Waals surface area contributed by atoms with Crippen LogP contribution in [0.2, 0.25) is 10.0 Å². The van der Waals surface area contributed by atoms with Crippen molar-refractivity contribution in [3.05, 3.63) is 58.1 Å². The summed E-state index contributed by atoms with van der Waals surface area (Å²) in [5.74, 6) is 0.490. The van der Waals surface area contributed by atoms with Crippen molar-refractivity contribution in [2.75, 3.05) is 11.6 Å². The standard InChI is InChI=1S/C17H12Cl2F3N3S/c1-26-16-13(9-5-3-2-4-6-9)15(24-25-16)23-14-11(18)7-10(8-12(14)19)17(20,21)22/h2-8H,1H3,(H2,23,24,25). The van der Waals surface area contributed by atoms with Crippen LogP contribution in [0.1, 0.15) is 5.56 Å². The highest BCUT2D eigenvalue weighted by Crippen LogP contribution is 2.42. The first kappa shape index (κ1) is 18.9. The Morgan fingerprint density at radius 2 is 1.69 bits per heavy atom. The quantitative estimate of drug-likeness (QED) is 0.455. The summed E-state index contributed by atoms with van der Waals surface area (Å²) in [4.78, 5) is 0. The van der Waals surface area contributed by atoms with E-state index in [1.807, 2.05) is 36.6 Å². The van der Waals surface area contributed by atoms with E-state index in [-0.39, 0.29) is 15.7 Å². The van der Waals surface area contributed by atoms with E-state index < -0.39 is 11.7 Å². The summed E-state index contributed by atoms with van der Waals surface area (Å²) >= 11 is 13.5. The predicted octanol–water partition coefficient (Wildman–Crippen LogP) is 6.87. The molecular weight excluding hydrogens is 406 g/mol. The second kappa shape index (κ2) is 7.42. The lowest BCUT2D eigenvalue weighted by Gasteiger charge is -2.14. The monoisotopic (exact) mass is 417 g/mol. The number of rotatable bonds is 4. The van der Waals surface area contributed by atoms with Crippen LogP contribution in [0.15, 0.2) is 47.5 Å². The molecule has 0 aliphatic heterocycles. The van der Waals surface area contributed by atoms with Crippen LogP contribution < -0.4 is 5.32 Å². The summed E-state index contributed by atoms with van der Waals surface area (Å²) in [7, 11) is 0. The number of aromatic amines is 1. The average Bonchev–Trinajstić information content (AvgIpc) is 3.00. The van der Waals surface area contributed by atoms with Gasteiger partial charge in [0.25, 0.3) is 0 Å². The third kappa shape index (κ3) is 3.79. The van der Waals surface area contributed by atoms with Crippen molar-refractivity contribution in [2.45, 2.75) is 11.2 Å². The van der Waals surface area contributed by atoms with E-state index in [0.717, 1.165) is 28.3 Å². The van der Waals surface area contributed by atoms with E-state index in [0.29, 0.717) is 5.82 Å². The molecule has 0 spiro atoms. The van der Waals surface area contributed by atoms with Gasteiger partial charge in [-0.3, -0.25) is 5.10 Å². The second-order valence-corrected chi connectivity index (χ2v) is 6.90. The SMILES string of the molecule is CSc1n[nH]c(Nc2c(Cl)cc(C(F)(F)F)cc2Cl)c1-c1ccccc1. The number of hydrogen-bond donors (Lipinski definition) is 2. The van der Waals surface area contributed by atoms with Gasteiger partial charge in [0.05, 0.1) is 26.9 Å². The van der Waals surface area contributed by atoms with E-state index in [1.165, 1.54) is 11.8 Å². The summed E-state index contributed by atoms with van der Waals surface area (Å²) in [5.41, 5.74) is 0.947. The van der Waals surface area contributed by atoms with Crippen molar-refractivity contribution >= 4 is 46.5 Å². The largest absolute Gasteiger partial charge is 0.416 e. The summed E-state index contributed by atoms with van der Waals surface area (Å²) in [6.07, 6.45) is -2.65. The van der Waals surface area contributed by atoms with Crippen LogP contribution in [0.4, 0.5) is 24.7 Å². The van der Waals surface area contributed by atoms with Gasteiger partial charge in [-0.15, -0.1) is 11.8 Å². The Morgan fingerprint density at radius 3 is 2.23 bits per heavy atom. The lowest BCUT2D eigenvalue weighted by atomic mass is 10.1. The Morgan fingerprint density at radius 1 is 1.08 bits per heavy atom. The second-order valence-electron chi connectivity index (χ2n) is 5.29. The number of aromatic nitrogens is 2. The molecule has 0 atom stereocenters. The minimum Gasteiger partial charge on any atom is -0.338 e. The van der Waals surface area contributed by atoms with Gasteiger partial charge >= 0.3 is 6.18 Å². The van der Waals surface area contributed by atoms with Crippen molar-refractivity contribution in [3.63, 3.8) is 0 Å². The molecule has 3 rings (SSSR count). The van der Waals surface area contributed by atoms with Crippen LogP contribution >= 0.6 is 35.0 Å². The minimum absolute atomic E-state index is 0.135. The smallest absolute Gasteiger partial charge is 0.338 e. The topological polar surface area (TPSA) is 40.7 Å². The molecule has 0 amide bonds. The fraction of sp³-hybridized carbons (Fsp3) is 0.118. The third-order valence-electron chi connectivity index (χ3n) is 3.61. The Hall–Kier alpha value is -1.83. The summed E-state index contributed by atoms with van der Waals surface area (Å²) in [6.45, 7) is 0. The third-order valence-corrected chi connectivity index (χ3v) is 4.89. The van der Waals surface area contributed by atoms with E-state index in [2.05, 4.69) is 15.5 Å². The molecule has 3 aromatic rings. The number of benzene rings is 2. The summed E-state index contributed by atoms with van der Waals surface area (Å²) in [6, 6.07) is 11.1. The van der Waals surface area contributed by atoms with Gasteiger partial charge in [0, 0.05) is 0 Å². The first-order chi connectivity index (χ1) is 12.3. The van der Waals surface area contributed by atoms with Crippen LogP contribution in [-0.2, 0) is 6.18 Å². The molecule has 136 valence electrons. The molecule has 0 saturated carbocycles. The van der Waals surface area contributed by atoms with Gasteiger partial charge in [-0.1, -0.05) is 53.5 Å². The molecule has 1 heterocycles. The van der Waals surface area contributed by atoms with Crippen LogP contribution in [0.3, 0.4) is 0 Å². The fourth-order valence-corrected chi connectivity index (χ4v) is 3.56. The van der Waals surface area contributed by atoms with Gasteiger partial charge in [0.15, 0.2) is 0 Å². The van der Waals surface area contributed by atoms with Gasteiger partial charge in [-0.05, 0) is 24.0 Å². The molecule has 26 heavy (non-hydrogen) atoms. The number of thioether (sulfide) groups is 1. The fourth-order valence-electron chi connectivity index (χ4n) is 2.42. The normalized spacial score (nSPS) is 11.6. The zero-order valence-electron chi connectivity index (χ0n) is 13.3. The highest BCUT2D eigenvalue weighted by molar-refractivity contribution is 7.98. The maximum absolute atomic E-state index is 12.9. The van der Waals surface area contributed by atoms with Gasteiger partial charge < -0.3 is 5.32 Å². The van der Waals surface area contributed by atoms with Crippen LogP contribution in [-0.4, -0.2) is 16.5 Å². The minimum atomic E-state index is -4.53. The van der Waals surface area contributed by atoms with Crippen molar-refractivity contribution in [1.82, 2.24) is 10.2 Å². The zero-order valence-corrected chi connectivity index (χ0v) is 15.6. The molecule has 0 radical (unpaired) electrons. The zero-order chi connectivity index (χ0) is 18.9. The van der Waals surface area contributed by atoms with Crippen LogP contribution in [0.25, 0.3) is 11.1 Å². The van der Waals surface area contributed by atoms with E-state index in [9.17, 15) is 13.2 Å². The maximum Gasteiger partial charge on any atom is 0.416 e. The molecule has 0 saturated heterocycles. The van der Waals surface area contributed by atoms with Crippen molar-refractivity contribution in [2.24, 2.45) is 0 Å². The molecule has 0 fully saturated rings. The summed E-state index contributed by atoms with van der Waals surface area (Å²) in [5, 5.41) is 10.5. The van der Waals surface area contributed by atoms with E-state index >= 15 is 0 Å². The molecule has 3 nitrogen and oxygen atoms in total. The Bertz CT molecular complexity index is 904. The van der Waals surface area contributed by atoms with Gasteiger partial charge in [-0.25, -0.2) is 0 Å². The van der Waals surface area contributed by atoms with Crippen LogP contribution in [0, 0.1) is 0 Å². The lowest BCUT2D eigenvalue weighted by Crippen LogP contribution is -2.06. The Balaban J connectivity index is 2.05. The number of hydrogen-bond acceptors (Lipinski definition) is 3.